The van der Waals surface area contributed by atoms with Crippen LogP contribution in [0.4, 0.5) is 0 Å². The number of benzene rings is 1. The Balaban J connectivity index is 0.00000243. The zero-order valence-corrected chi connectivity index (χ0v) is 15.4. The standard InChI is InChI=1S/C20H30N2O3.CH4/c1-16(2)21-10-3-11-22(13-12-21)20(23)17-4-6-18(7-5-17)25-19-8-14-24-15-9-19;/h4-7,16,19H,3,8-15H2,1-2H3;1H4. The van der Waals surface area contributed by atoms with Crippen molar-refractivity contribution in [1.29, 1.82) is 0 Å². The fraction of sp³-hybridized carbons (Fsp3) is 0.667. The van der Waals surface area contributed by atoms with Crippen LogP contribution in [0.3, 0.4) is 0 Å². The van der Waals surface area contributed by atoms with Gasteiger partial charge in [-0.15, -0.1) is 0 Å². The van der Waals surface area contributed by atoms with Crippen molar-refractivity contribution >= 4 is 5.91 Å². The second-order valence-corrected chi connectivity index (χ2v) is 7.23. The Labute approximate surface area is 158 Å². The van der Waals surface area contributed by atoms with Crippen molar-refractivity contribution < 1.29 is 14.3 Å². The summed E-state index contributed by atoms with van der Waals surface area (Å²) >= 11 is 0. The number of ether oxygens (including phenoxy) is 2. The number of carbonyl (C=O) groups is 1. The number of amides is 1. The van der Waals surface area contributed by atoms with Gasteiger partial charge in [-0.25, -0.2) is 0 Å². The van der Waals surface area contributed by atoms with Gasteiger partial charge in [0, 0.05) is 50.6 Å². The lowest BCUT2D eigenvalue weighted by molar-refractivity contribution is 0.0256. The third-order valence-corrected chi connectivity index (χ3v) is 5.12. The molecule has 1 aromatic rings. The molecule has 0 aliphatic carbocycles. The molecule has 26 heavy (non-hydrogen) atoms. The molecule has 2 heterocycles. The molecule has 0 radical (unpaired) electrons. The molecule has 5 heteroatoms. The first-order valence-electron chi connectivity index (χ1n) is 9.51. The van der Waals surface area contributed by atoms with Gasteiger partial charge in [0.2, 0.25) is 0 Å². The van der Waals surface area contributed by atoms with Gasteiger partial charge < -0.3 is 14.4 Å². The fourth-order valence-electron chi connectivity index (χ4n) is 3.50. The van der Waals surface area contributed by atoms with E-state index in [9.17, 15) is 4.79 Å². The van der Waals surface area contributed by atoms with Crippen molar-refractivity contribution in [3.8, 4) is 5.75 Å². The molecule has 0 spiro atoms. The van der Waals surface area contributed by atoms with E-state index in [1.807, 2.05) is 29.2 Å². The van der Waals surface area contributed by atoms with E-state index in [4.69, 9.17) is 9.47 Å². The van der Waals surface area contributed by atoms with E-state index in [0.29, 0.717) is 6.04 Å². The molecule has 2 aliphatic rings. The largest absolute Gasteiger partial charge is 0.490 e. The van der Waals surface area contributed by atoms with Crippen LogP contribution in [0.1, 0.15) is 50.9 Å². The van der Waals surface area contributed by atoms with Crippen LogP contribution in [-0.2, 0) is 4.74 Å². The van der Waals surface area contributed by atoms with Crippen LogP contribution in [0, 0.1) is 0 Å². The van der Waals surface area contributed by atoms with Crippen molar-refractivity contribution in [3.05, 3.63) is 29.8 Å². The van der Waals surface area contributed by atoms with E-state index in [2.05, 4.69) is 18.7 Å². The van der Waals surface area contributed by atoms with Crippen LogP contribution in [0.25, 0.3) is 0 Å². The maximum absolute atomic E-state index is 12.8. The average molecular weight is 363 g/mol. The first-order valence-corrected chi connectivity index (χ1v) is 9.51. The molecule has 2 fully saturated rings. The van der Waals surface area contributed by atoms with Crippen molar-refractivity contribution in [2.75, 3.05) is 39.4 Å². The smallest absolute Gasteiger partial charge is 0.253 e. The van der Waals surface area contributed by atoms with Gasteiger partial charge >= 0.3 is 0 Å². The highest BCUT2D eigenvalue weighted by Crippen LogP contribution is 2.19. The van der Waals surface area contributed by atoms with E-state index in [1.165, 1.54) is 0 Å². The van der Waals surface area contributed by atoms with Gasteiger partial charge in [0.25, 0.3) is 5.91 Å². The maximum atomic E-state index is 12.8. The first kappa shape index (κ1) is 20.7. The van der Waals surface area contributed by atoms with Crippen molar-refractivity contribution in [2.24, 2.45) is 0 Å². The Kier molecular flexibility index (Phi) is 7.91. The monoisotopic (exact) mass is 362 g/mol. The molecule has 5 nitrogen and oxygen atoms in total. The first-order chi connectivity index (χ1) is 12.1. The normalized spacial score (nSPS) is 19.7. The summed E-state index contributed by atoms with van der Waals surface area (Å²) in [5, 5.41) is 0. The predicted octanol–water partition coefficient (Wildman–Crippen LogP) is 3.44. The van der Waals surface area contributed by atoms with E-state index < -0.39 is 0 Å². The van der Waals surface area contributed by atoms with E-state index in [0.717, 1.165) is 70.0 Å². The van der Waals surface area contributed by atoms with E-state index in [-0.39, 0.29) is 19.4 Å². The summed E-state index contributed by atoms with van der Waals surface area (Å²) < 4.78 is 11.3. The second-order valence-electron chi connectivity index (χ2n) is 7.23. The van der Waals surface area contributed by atoms with Crippen LogP contribution in [0.15, 0.2) is 24.3 Å². The number of hydrogen-bond donors (Lipinski definition) is 0. The minimum Gasteiger partial charge on any atom is -0.490 e. The molecule has 146 valence electrons. The van der Waals surface area contributed by atoms with Gasteiger partial charge in [-0.1, -0.05) is 7.43 Å². The topological polar surface area (TPSA) is 42.0 Å². The molecule has 2 aliphatic heterocycles. The third-order valence-electron chi connectivity index (χ3n) is 5.12. The zero-order chi connectivity index (χ0) is 17.6. The van der Waals surface area contributed by atoms with Crippen LogP contribution in [0.2, 0.25) is 0 Å². The van der Waals surface area contributed by atoms with Gasteiger partial charge in [-0.3, -0.25) is 9.69 Å². The molecule has 1 aromatic carbocycles. The summed E-state index contributed by atoms with van der Waals surface area (Å²) in [6.45, 7) is 9.63. The van der Waals surface area contributed by atoms with Crippen molar-refractivity contribution in [1.82, 2.24) is 9.80 Å². The highest BCUT2D eigenvalue weighted by atomic mass is 16.5. The summed E-state index contributed by atoms with van der Waals surface area (Å²) in [6.07, 6.45) is 3.12. The molecule has 0 bridgehead atoms. The highest BCUT2D eigenvalue weighted by Gasteiger charge is 2.21. The highest BCUT2D eigenvalue weighted by molar-refractivity contribution is 5.94. The number of hydrogen-bond acceptors (Lipinski definition) is 4. The molecule has 2 saturated heterocycles. The second kappa shape index (κ2) is 9.93. The maximum Gasteiger partial charge on any atom is 0.253 e. The summed E-state index contributed by atoms with van der Waals surface area (Å²) in [4.78, 5) is 17.2. The predicted molar refractivity (Wildman–Crippen MR) is 105 cm³/mol. The lowest BCUT2D eigenvalue weighted by atomic mass is 10.1. The Hall–Kier alpha value is -1.59. The molecule has 0 unspecified atom stereocenters. The zero-order valence-electron chi connectivity index (χ0n) is 15.4. The summed E-state index contributed by atoms with van der Waals surface area (Å²) in [7, 11) is 0. The van der Waals surface area contributed by atoms with Crippen LogP contribution in [0.5, 0.6) is 5.75 Å². The molecule has 0 saturated carbocycles. The molecule has 0 aromatic heterocycles. The van der Waals surface area contributed by atoms with E-state index in [1.54, 1.807) is 0 Å². The summed E-state index contributed by atoms with van der Waals surface area (Å²) in [5.41, 5.74) is 0.748. The van der Waals surface area contributed by atoms with Gasteiger partial charge in [0.05, 0.1) is 13.2 Å². The van der Waals surface area contributed by atoms with Gasteiger partial charge in [0.15, 0.2) is 0 Å². The van der Waals surface area contributed by atoms with Crippen molar-refractivity contribution in [3.63, 3.8) is 0 Å². The number of nitrogens with zero attached hydrogens (tertiary/aromatic N) is 2. The molecular weight excluding hydrogens is 328 g/mol. The lowest BCUT2D eigenvalue weighted by Gasteiger charge is -2.25. The number of rotatable bonds is 4. The average Bonchev–Trinajstić information content (AvgIpc) is 2.89. The van der Waals surface area contributed by atoms with Crippen molar-refractivity contribution in [2.45, 2.75) is 52.7 Å². The molecule has 0 N–H and O–H groups in total. The Morgan fingerprint density at radius 1 is 1.08 bits per heavy atom. The Morgan fingerprint density at radius 3 is 2.42 bits per heavy atom. The summed E-state index contributed by atoms with van der Waals surface area (Å²) in [6, 6.07) is 8.16. The quantitative estimate of drug-likeness (QED) is 0.823. The summed E-state index contributed by atoms with van der Waals surface area (Å²) in [5.74, 6) is 0.966. The van der Waals surface area contributed by atoms with Crippen LogP contribution >= 0.6 is 0 Å². The van der Waals surface area contributed by atoms with Crippen LogP contribution < -0.4 is 4.74 Å². The molecule has 1 amide bonds. The SMILES string of the molecule is C.CC(C)N1CCCN(C(=O)c2ccc(OC3CCOCC3)cc2)CC1. The minimum atomic E-state index is 0. The van der Waals surface area contributed by atoms with Crippen LogP contribution in [-0.4, -0.2) is 67.2 Å². The van der Waals surface area contributed by atoms with E-state index >= 15 is 0 Å². The van der Waals surface area contributed by atoms with Gasteiger partial charge in [0.1, 0.15) is 11.9 Å². The van der Waals surface area contributed by atoms with Gasteiger partial charge in [-0.05, 0) is 44.5 Å². The minimum absolute atomic E-state index is 0. The molecule has 0 atom stereocenters. The fourth-order valence-corrected chi connectivity index (χ4v) is 3.50. The Morgan fingerprint density at radius 2 is 1.77 bits per heavy atom. The number of carbonyl (C=O) groups excluding carboxylic acids is 1. The third kappa shape index (κ3) is 5.45. The molecule has 3 rings (SSSR count). The molecular formula is C21H34N2O3. The van der Waals surface area contributed by atoms with Gasteiger partial charge in [-0.2, -0.15) is 0 Å². The Bertz CT molecular complexity index is 553. The lowest BCUT2D eigenvalue weighted by Crippen LogP contribution is -2.37.